The number of hydrogen-bond donors (Lipinski definition) is 2. The number of carbonyl (C=O) groups excluding carboxylic acids is 2. The summed E-state index contributed by atoms with van der Waals surface area (Å²) in [6.07, 6.45) is 1.22. The Kier molecular flexibility index (Phi) is 6.55. The Bertz CT molecular complexity index is 1130. The highest BCUT2D eigenvalue weighted by Gasteiger charge is 2.12. The van der Waals surface area contributed by atoms with E-state index in [1.54, 1.807) is 24.3 Å². The van der Waals surface area contributed by atoms with E-state index in [9.17, 15) is 19.7 Å². The van der Waals surface area contributed by atoms with Crippen LogP contribution in [0.5, 0.6) is 0 Å². The lowest BCUT2D eigenvalue weighted by atomic mass is 10.1. The first-order valence-corrected chi connectivity index (χ1v) is 9.49. The summed E-state index contributed by atoms with van der Waals surface area (Å²) in [6, 6.07) is 13.0. The molecule has 30 heavy (non-hydrogen) atoms. The molecule has 0 aliphatic carbocycles. The highest BCUT2D eigenvalue weighted by Crippen LogP contribution is 2.17. The van der Waals surface area contributed by atoms with Crippen LogP contribution in [0.2, 0.25) is 0 Å². The predicted octanol–water partition coefficient (Wildman–Crippen LogP) is 2.70. The minimum Gasteiger partial charge on any atom is -0.296 e. The van der Waals surface area contributed by atoms with Crippen molar-refractivity contribution in [2.45, 2.75) is 13.3 Å². The molecule has 3 rings (SSSR count). The highest BCUT2D eigenvalue weighted by atomic mass is 32.1. The van der Waals surface area contributed by atoms with Crippen molar-refractivity contribution in [2.24, 2.45) is 5.10 Å². The molecular formula is C19H16N6O4S. The topological polar surface area (TPSA) is 139 Å². The number of amides is 2. The maximum absolute atomic E-state index is 12.2. The van der Waals surface area contributed by atoms with Gasteiger partial charge in [-0.2, -0.15) is 5.10 Å². The number of aromatic nitrogens is 2. The molecule has 0 aliphatic heterocycles. The van der Waals surface area contributed by atoms with Crippen LogP contribution in [-0.4, -0.2) is 33.1 Å². The van der Waals surface area contributed by atoms with Crippen molar-refractivity contribution >= 4 is 40.2 Å². The molecule has 2 N–H and O–H groups in total. The van der Waals surface area contributed by atoms with Gasteiger partial charge in [0.25, 0.3) is 11.6 Å². The molecule has 3 aromatic rings. The number of nitrogens with one attached hydrogen (secondary N) is 2. The van der Waals surface area contributed by atoms with Gasteiger partial charge < -0.3 is 0 Å². The summed E-state index contributed by atoms with van der Waals surface area (Å²) in [5, 5.41) is 25.6. The van der Waals surface area contributed by atoms with Gasteiger partial charge >= 0.3 is 0 Å². The van der Waals surface area contributed by atoms with Crippen molar-refractivity contribution in [3.05, 3.63) is 80.3 Å². The van der Waals surface area contributed by atoms with Gasteiger partial charge in [-0.05, 0) is 19.1 Å². The van der Waals surface area contributed by atoms with Crippen molar-refractivity contribution in [3.63, 3.8) is 0 Å². The van der Waals surface area contributed by atoms with E-state index in [0.29, 0.717) is 16.1 Å². The third-order valence-corrected chi connectivity index (χ3v) is 4.60. The number of anilines is 1. The number of non-ortho nitro benzene ring substituents is 1. The van der Waals surface area contributed by atoms with Crippen LogP contribution in [0.3, 0.4) is 0 Å². The fourth-order valence-electron chi connectivity index (χ4n) is 2.41. The van der Waals surface area contributed by atoms with Crippen LogP contribution in [0, 0.1) is 17.0 Å². The normalized spacial score (nSPS) is 10.7. The highest BCUT2D eigenvalue weighted by molar-refractivity contribution is 7.15. The van der Waals surface area contributed by atoms with Crippen LogP contribution in [0.15, 0.2) is 53.6 Å². The zero-order valence-corrected chi connectivity index (χ0v) is 16.5. The van der Waals surface area contributed by atoms with E-state index in [4.69, 9.17) is 0 Å². The first kappa shape index (κ1) is 20.7. The molecule has 1 aromatic heterocycles. The molecule has 11 heteroatoms. The van der Waals surface area contributed by atoms with Crippen molar-refractivity contribution in [2.75, 3.05) is 5.32 Å². The van der Waals surface area contributed by atoms with Gasteiger partial charge in [0.1, 0.15) is 5.01 Å². The maximum Gasteiger partial charge on any atom is 0.270 e. The number of benzene rings is 2. The first-order valence-electron chi connectivity index (χ1n) is 8.67. The molecule has 2 amide bonds. The molecule has 1 heterocycles. The Hall–Kier alpha value is -3.99. The van der Waals surface area contributed by atoms with Crippen LogP contribution in [0.25, 0.3) is 0 Å². The summed E-state index contributed by atoms with van der Waals surface area (Å²) in [5.74, 6) is -0.753. The molecule has 0 saturated carbocycles. The SMILES string of the molecule is Cc1cccc(C(=O)Nc2nnc(CC(=O)N/N=C\c3cccc([N+](=O)[O-])c3)s2)c1. The van der Waals surface area contributed by atoms with Gasteiger partial charge in [0.2, 0.25) is 11.0 Å². The average molecular weight is 424 g/mol. The van der Waals surface area contributed by atoms with E-state index >= 15 is 0 Å². The zero-order chi connectivity index (χ0) is 21.5. The lowest BCUT2D eigenvalue weighted by Crippen LogP contribution is -2.19. The molecule has 0 radical (unpaired) electrons. The summed E-state index contributed by atoms with van der Waals surface area (Å²) in [4.78, 5) is 34.5. The van der Waals surface area contributed by atoms with E-state index in [2.05, 4.69) is 26.0 Å². The second-order valence-electron chi connectivity index (χ2n) is 6.15. The number of aryl methyl sites for hydroxylation is 1. The monoisotopic (exact) mass is 424 g/mol. The molecule has 152 valence electrons. The number of nitrogens with zero attached hydrogens (tertiary/aromatic N) is 4. The summed E-state index contributed by atoms with van der Waals surface area (Å²) in [5.41, 5.74) is 4.19. The smallest absolute Gasteiger partial charge is 0.270 e. The Morgan fingerprint density at radius 3 is 2.77 bits per heavy atom. The molecule has 0 bridgehead atoms. The molecule has 0 atom stereocenters. The molecular weight excluding hydrogens is 408 g/mol. The van der Waals surface area contributed by atoms with Crippen LogP contribution in [0.4, 0.5) is 10.8 Å². The van der Waals surface area contributed by atoms with Crippen molar-refractivity contribution in [1.29, 1.82) is 0 Å². The Morgan fingerprint density at radius 2 is 2.00 bits per heavy atom. The lowest BCUT2D eigenvalue weighted by molar-refractivity contribution is -0.384. The van der Waals surface area contributed by atoms with Crippen molar-refractivity contribution in [3.8, 4) is 0 Å². The van der Waals surface area contributed by atoms with Gasteiger partial charge in [0.15, 0.2) is 0 Å². The van der Waals surface area contributed by atoms with E-state index in [1.807, 2.05) is 13.0 Å². The Labute approximate surface area is 174 Å². The predicted molar refractivity (Wildman–Crippen MR) is 112 cm³/mol. The first-order chi connectivity index (χ1) is 14.4. The van der Waals surface area contributed by atoms with Gasteiger partial charge in [-0.25, -0.2) is 5.43 Å². The number of hydrazone groups is 1. The molecule has 0 fully saturated rings. The zero-order valence-electron chi connectivity index (χ0n) is 15.7. The second-order valence-corrected chi connectivity index (χ2v) is 7.21. The molecule has 0 spiro atoms. The van der Waals surface area contributed by atoms with Gasteiger partial charge in [-0.15, -0.1) is 10.2 Å². The third-order valence-electron chi connectivity index (χ3n) is 3.76. The second kappa shape index (κ2) is 9.47. The van der Waals surface area contributed by atoms with E-state index in [-0.39, 0.29) is 23.1 Å². The molecule has 0 aliphatic rings. The van der Waals surface area contributed by atoms with E-state index < -0.39 is 10.8 Å². The minimum atomic E-state index is -0.513. The molecule has 0 saturated heterocycles. The standard InChI is InChI=1S/C19H16N6O4S/c1-12-4-2-6-14(8-12)18(27)21-19-24-23-17(30-19)10-16(26)22-20-11-13-5-3-7-15(9-13)25(28)29/h2-9,11H,10H2,1H3,(H,22,26)(H,21,24,27)/b20-11-. The molecule has 0 unspecified atom stereocenters. The fraction of sp³-hybridized carbons (Fsp3) is 0.105. The number of nitro benzene ring substituents is 1. The van der Waals surface area contributed by atoms with E-state index in [0.717, 1.165) is 16.9 Å². The largest absolute Gasteiger partial charge is 0.296 e. The van der Waals surface area contributed by atoms with E-state index in [1.165, 1.54) is 24.4 Å². The third kappa shape index (κ3) is 5.75. The van der Waals surface area contributed by atoms with Gasteiger partial charge in [0.05, 0.1) is 17.6 Å². The minimum absolute atomic E-state index is 0.0700. The van der Waals surface area contributed by atoms with Gasteiger partial charge in [-0.3, -0.25) is 25.0 Å². The van der Waals surface area contributed by atoms with Crippen LogP contribution < -0.4 is 10.7 Å². The quantitative estimate of drug-likeness (QED) is 0.339. The fourth-order valence-corrected chi connectivity index (χ4v) is 3.14. The molecule has 10 nitrogen and oxygen atoms in total. The molecule has 2 aromatic carbocycles. The van der Waals surface area contributed by atoms with Gasteiger partial charge in [0, 0.05) is 23.3 Å². The number of nitro groups is 1. The maximum atomic E-state index is 12.2. The summed E-state index contributed by atoms with van der Waals surface area (Å²) in [6.45, 7) is 1.89. The Morgan fingerprint density at radius 1 is 1.20 bits per heavy atom. The van der Waals surface area contributed by atoms with Crippen LogP contribution >= 0.6 is 11.3 Å². The van der Waals surface area contributed by atoms with Crippen LogP contribution in [-0.2, 0) is 11.2 Å². The number of hydrogen-bond acceptors (Lipinski definition) is 8. The Balaban J connectivity index is 1.53. The van der Waals surface area contributed by atoms with Gasteiger partial charge in [-0.1, -0.05) is 41.2 Å². The lowest BCUT2D eigenvalue weighted by Gasteiger charge is -2.01. The number of carbonyl (C=O) groups is 2. The van der Waals surface area contributed by atoms with Crippen molar-refractivity contribution in [1.82, 2.24) is 15.6 Å². The average Bonchev–Trinajstić information content (AvgIpc) is 3.14. The van der Waals surface area contributed by atoms with Crippen molar-refractivity contribution < 1.29 is 14.5 Å². The summed E-state index contributed by atoms with van der Waals surface area (Å²) >= 11 is 1.08. The summed E-state index contributed by atoms with van der Waals surface area (Å²) < 4.78 is 0. The summed E-state index contributed by atoms with van der Waals surface area (Å²) in [7, 11) is 0. The number of rotatable bonds is 7. The van der Waals surface area contributed by atoms with Crippen LogP contribution in [0.1, 0.15) is 26.5 Å².